The van der Waals surface area contributed by atoms with Crippen molar-refractivity contribution < 1.29 is 46.3 Å². The molecule has 0 aliphatic carbocycles. The van der Waals surface area contributed by atoms with Gasteiger partial charge in [-0.15, -0.1) is 0 Å². The predicted octanol–water partition coefficient (Wildman–Crippen LogP) is 28.2. The number of fused-ring (bicyclic) bond motifs is 6. The Labute approximate surface area is 619 Å². The summed E-state index contributed by atoms with van der Waals surface area (Å²) >= 11 is 0. The zero-order valence-electron chi connectivity index (χ0n) is 65.6. The van der Waals surface area contributed by atoms with Gasteiger partial charge in [-0.3, -0.25) is 0 Å². The third-order valence-electron chi connectivity index (χ3n) is 18.9. The second kappa shape index (κ2) is 29.0. The molecular formula is C92H108O10P2. The minimum Gasteiger partial charge on any atom is -0.507 e. The smallest absolute Gasteiger partial charge is 0.453 e. The Balaban J connectivity index is 0.000000217. The summed E-state index contributed by atoms with van der Waals surface area (Å²) in [5.41, 5.74) is 14.1. The van der Waals surface area contributed by atoms with Gasteiger partial charge in [0.15, 0.2) is 0 Å². The maximum atomic E-state index is 11.4. The Morgan fingerprint density at radius 3 is 0.702 bits per heavy atom. The molecule has 2 heterocycles. The van der Waals surface area contributed by atoms with Gasteiger partial charge >= 0.3 is 16.5 Å². The summed E-state index contributed by atoms with van der Waals surface area (Å²) in [5.74, 6) is 2.23. The van der Waals surface area contributed by atoms with Crippen LogP contribution >= 0.6 is 16.5 Å². The van der Waals surface area contributed by atoms with Crippen molar-refractivity contribution in [2.75, 3.05) is 0 Å². The summed E-state index contributed by atoms with van der Waals surface area (Å²) in [6.45, 7) is 52.7. The zero-order valence-corrected chi connectivity index (χ0v) is 67.4. The van der Waals surface area contributed by atoms with E-state index in [1.165, 1.54) is 11.1 Å². The topological polar surface area (TPSA) is 152 Å². The van der Waals surface area contributed by atoms with E-state index in [0.717, 1.165) is 66.1 Å². The summed E-state index contributed by atoms with van der Waals surface area (Å²) in [4.78, 5) is 0. The lowest BCUT2D eigenvalue weighted by Gasteiger charge is -2.31. The second-order valence-electron chi connectivity index (χ2n) is 35.7. The van der Waals surface area contributed by atoms with Crippen LogP contribution in [0.5, 0.6) is 34.5 Å². The normalized spacial score (nSPS) is 12.6. The van der Waals surface area contributed by atoms with Gasteiger partial charge in [0, 0.05) is 77.2 Å². The van der Waals surface area contributed by atoms with E-state index in [2.05, 4.69) is 239 Å². The molecule has 12 heteroatoms. The van der Waals surface area contributed by atoms with Crippen molar-refractivity contribution in [3.8, 4) is 67.9 Å². The number of para-hydroxylation sites is 6. The first-order valence-electron chi connectivity index (χ1n) is 36.0. The number of phenolic OH excluding ortho intramolecular Hbond substituents is 4. The minimum absolute atomic E-state index is 0.0768. The Hall–Kier alpha value is -9.20. The highest BCUT2D eigenvalue weighted by Crippen LogP contribution is 2.55. The van der Waals surface area contributed by atoms with E-state index < -0.39 is 16.5 Å². The Morgan fingerprint density at radius 1 is 0.240 bits per heavy atom. The first-order chi connectivity index (χ1) is 48.3. The van der Waals surface area contributed by atoms with Crippen LogP contribution in [0.15, 0.2) is 211 Å². The minimum atomic E-state index is -1.99. The fourth-order valence-electron chi connectivity index (χ4n) is 12.6. The molecule has 10 nitrogen and oxygen atoms in total. The van der Waals surface area contributed by atoms with Gasteiger partial charge in [-0.2, -0.15) is 0 Å². The van der Waals surface area contributed by atoms with Crippen LogP contribution in [-0.4, -0.2) is 20.4 Å². The van der Waals surface area contributed by atoms with Crippen molar-refractivity contribution in [1.29, 1.82) is 0 Å². The molecule has 12 rings (SSSR count). The van der Waals surface area contributed by atoms with E-state index in [0.29, 0.717) is 56.1 Å². The van der Waals surface area contributed by atoms with Crippen LogP contribution in [0.4, 0.5) is 0 Å². The molecule has 0 fully saturated rings. The SMILES string of the molecule is CC(C)(C)c1cc(-c2cc(C(C)(C)C)cc(C(C)(C)C)c2O)c(O)c(C(C)(C)C)c1.CC(C)(C)c1cc(-c2cc(C(C)(C)C)cc(C(C)(C)C)c2Op2oc3ccccc3c3ccccc3o2)c(Op2oc3ccccc3c3ccccc3o2)c(C(C)(C)C)c1.Oc1ccccc1-c1ccccc1O. The highest BCUT2D eigenvalue weighted by molar-refractivity contribution is 7.32. The average Bonchev–Trinajstić information content (AvgIpc) is 0.965. The third kappa shape index (κ3) is 17.3. The van der Waals surface area contributed by atoms with Gasteiger partial charge in [0.2, 0.25) is 0 Å². The number of rotatable bonds is 7. The standard InChI is InChI=1S/C52H56O6P2.C28H42O2.C12H10O2/c1-49(2,3)33-29-39(47(41(31-33)51(7,8)9)57-59-53-43-25-17-13-21-35(43)36-22-14-18-26-44(36)54-59)40-30-34(50(4,5)6)32-42(52(10,11)12)48(40)58-60-55-45-27-19-15-23-37(45)38-24-16-20-28-46(38)56-60;1-25(2,3)17-13-19(23(29)21(15-17)27(7,8)9)20-14-18(26(4,5)6)16-22(24(20)30)28(10,11)12;13-11-7-3-1-5-9(11)10-6-2-4-8-12(10)14/h13-32H,1-12H3;13-16,29-30H,1-12H3;1-8,13-14H. The van der Waals surface area contributed by atoms with Crippen LogP contribution in [-0.2, 0) is 43.3 Å². The lowest BCUT2D eigenvalue weighted by Crippen LogP contribution is -2.19. The number of phenols is 4. The summed E-state index contributed by atoms with van der Waals surface area (Å²) < 4.78 is 41.5. The molecule has 0 bridgehead atoms. The molecule has 0 radical (unpaired) electrons. The lowest BCUT2D eigenvalue weighted by molar-refractivity contribution is 0.438. The van der Waals surface area contributed by atoms with Gasteiger partial charge in [0.25, 0.3) is 0 Å². The zero-order chi connectivity index (χ0) is 76.2. The fourth-order valence-corrected chi connectivity index (χ4v) is 14.8. The Morgan fingerprint density at radius 2 is 0.462 bits per heavy atom. The van der Waals surface area contributed by atoms with Crippen LogP contribution in [0, 0.1) is 0 Å². The van der Waals surface area contributed by atoms with Crippen molar-refractivity contribution >= 4 is 60.4 Å². The molecule has 2 aromatic heterocycles. The van der Waals surface area contributed by atoms with Gasteiger partial charge in [-0.1, -0.05) is 300 Å². The van der Waals surface area contributed by atoms with Crippen molar-refractivity contribution in [3.05, 3.63) is 239 Å². The van der Waals surface area contributed by atoms with Crippen LogP contribution in [0.1, 0.15) is 211 Å². The quantitative estimate of drug-likeness (QED) is 0.121. The van der Waals surface area contributed by atoms with Crippen molar-refractivity contribution in [2.24, 2.45) is 0 Å². The molecule has 0 saturated heterocycles. The Bertz CT molecular complexity index is 4780. The van der Waals surface area contributed by atoms with Gasteiger partial charge in [0.05, 0.1) is 0 Å². The molecule has 4 N–H and O–H groups in total. The highest BCUT2D eigenvalue weighted by Gasteiger charge is 2.35. The fraction of sp³-hybridized carbons (Fsp3) is 0.348. The van der Waals surface area contributed by atoms with Gasteiger partial charge in [0.1, 0.15) is 56.8 Å². The molecule has 0 spiro atoms. The third-order valence-corrected chi connectivity index (χ3v) is 21.0. The lowest BCUT2D eigenvalue weighted by atomic mass is 9.75. The van der Waals surface area contributed by atoms with E-state index in [9.17, 15) is 20.4 Å². The highest BCUT2D eigenvalue weighted by atomic mass is 31.1. The van der Waals surface area contributed by atoms with E-state index in [4.69, 9.17) is 25.8 Å². The van der Waals surface area contributed by atoms with E-state index in [-0.39, 0.29) is 66.3 Å². The van der Waals surface area contributed by atoms with Gasteiger partial charge in [-0.25, -0.2) is 0 Å². The van der Waals surface area contributed by atoms with E-state index in [1.807, 2.05) is 84.9 Å². The predicted molar refractivity (Wildman–Crippen MR) is 437 cm³/mol. The molecule has 0 aliphatic heterocycles. The largest absolute Gasteiger partial charge is 0.507 e. The maximum Gasteiger partial charge on any atom is 0.453 e. The molecule has 0 aliphatic rings. The second-order valence-corrected chi connectivity index (χ2v) is 37.6. The number of hydrogen-bond acceptors (Lipinski definition) is 10. The summed E-state index contributed by atoms with van der Waals surface area (Å²) in [7, 11) is -3.98. The summed E-state index contributed by atoms with van der Waals surface area (Å²) in [6, 6.07) is 63.5. The molecule has 12 aromatic rings. The molecule has 0 saturated carbocycles. The summed E-state index contributed by atoms with van der Waals surface area (Å²) in [5, 5.41) is 45.7. The number of hydrogen-bond donors (Lipinski definition) is 4. The molecule has 0 atom stereocenters. The van der Waals surface area contributed by atoms with E-state index >= 15 is 0 Å². The molecule has 10 aromatic carbocycles. The number of aromatic hydroxyl groups is 4. The average molecular weight is 1440 g/mol. The number of benzene rings is 10. The van der Waals surface area contributed by atoms with Crippen LogP contribution < -0.4 is 9.05 Å². The molecule has 0 amide bonds. The maximum absolute atomic E-state index is 11.4. The first-order valence-corrected chi connectivity index (χ1v) is 38.2. The summed E-state index contributed by atoms with van der Waals surface area (Å²) in [6.07, 6.45) is 0. The molecule has 546 valence electrons. The van der Waals surface area contributed by atoms with Crippen LogP contribution in [0.25, 0.3) is 77.3 Å². The van der Waals surface area contributed by atoms with E-state index in [1.54, 1.807) is 36.4 Å². The van der Waals surface area contributed by atoms with Crippen molar-refractivity contribution in [2.45, 2.75) is 209 Å². The van der Waals surface area contributed by atoms with Crippen molar-refractivity contribution in [3.63, 3.8) is 0 Å². The van der Waals surface area contributed by atoms with Crippen molar-refractivity contribution in [1.82, 2.24) is 0 Å². The Kier molecular flexibility index (Phi) is 21.6. The molecular weight excluding hydrogens is 1330 g/mol. The van der Waals surface area contributed by atoms with Crippen LogP contribution in [0.3, 0.4) is 0 Å². The molecule has 104 heavy (non-hydrogen) atoms. The van der Waals surface area contributed by atoms with Crippen LogP contribution in [0.2, 0.25) is 0 Å². The van der Waals surface area contributed by atoms with Gasteiger partial charge in [-0.05, 0) is 126 Å². The monoisotopic (exact) mass is 1430 g/mol. The van der Waals surface area contributed by atoms with Gasteiger partial charge < -0.3 is 46.3 Å². The molecule has 0 unspecified atom stereocenters. The first kappa shape index (κ1) is 77.4.